The molecule has 1 N–H and O–H groups in total. The summed E-state index contributed by atoms with van der Waals surface area (Å²) >= 11 is 0. The Morgan fingerprint density at radius 1 is 1.60 bits per heavy atom. The van der Waals surface area contributed by atoms with Gasteiger partial charge in [0.2, 0.25) is 0 Å². The monoisotopic (exact) mass is 166 g/mol. The molecule has 0 amide bonds. The summed E-state index contributed by atoms with van der Waals surface area (Å²) in [4.78, 5) is 1.41. The first-order valence-electron chi connectivity index (χ1n) is 2.81. The largest absolute Gasteiger partial charge is 0.291 e. The van der Waals surface area contributed by atoms with Crippen molar-refractivity contribution in [3.8, 4) is 0 Å². The highest BCUT2D eigenvalue weighted by atomic mass is 32.2. The van der Waals surface area contributed by atoms with Gasteiger partial charge in [0.15, 0.2) is 0 Å². The molecule has 0 saturated carbocycles. The van der Waals surface area contributed by atoms with Gasteiger partial charge in [-0.1, -0.05) is 6.92 Å². The summed E-state index contributed by atoms with van der Waals surface area (Å²) in [6.45, 7) is 3.39. The Labute approximate surface area is 61.6 Å². The molecule has 10 heavy (non-hydrogen) atoms. The van der Waals surface area contributed by atoms with Crippen LogP contribution in [0.25, 0.3) is 0 Å². The fourth-order valence-electron chi connectivity index (χ4n) is 0.674. The first kappa shape index (κ1) is 9.87. The molecular weight excluding hydrogens is 154 g/mol. The Hall–Kier alpha value is -0.130. The van der Waals surface area contributed by atoms with E-state index in [0.717, 1.165) is 0 Å². The maximum Gasteiger partial charge on any atom is 0.281 e. The molecule has 0 saturated heterocycles. The third-order valence-corrected chi connectivity index (χ3v) is 2.51. The molecule has 1 atom stereocenters. The van der Waals surface area contributed by atoms with E-state index in [2.05, 4.69) is 6.92 Å². The Kier molecular flexibility index (Phi) is 3.27. The first-order valence-corrected chi connectivity index (χ1v) is 4.32. The number of rotatable bonds is 3. The van der Waals surface area contributed by atoms with Crippen LogP contribution in [0, 0.1) is 6.92 Å². The highest BCUT2D eigenvalue weighted by Gasteiger charge is 2.22. The van der Waals surface area contributed by atoms with Crippen LogP contribution in [0.15, 0.2) is 0 Å². The summed E-state index contributed by atoms with van der Waals surface area (Å²) in [5, 5.41) is -0.882. The molecule has 5 heteroatoms. The highest BCUT2D eigenvalue weighted by molar-refractivity contribution is 7.86. The lowest BCUT2D eigenvalue weighted by molar-refractivity contribution is 0.337. The zero-order chi connectivity index (χ0) is 8.36. The second-order valence-corrected chi connectivity index (χ2v) is 3.80. The maximum atomic E-state index is 10.5. The molecule has 0 aliphatic rings. The smallest absolute Gasteiger partial charge is 0.281 e. The topological polar surface area (TPSA) is 57.6 Å². The summed E-state index contributed by atoms with van der Waals surface area (Å²) in [6.07, 6.45) is 0.145. The molecule has 0 heterocycles. The number of hydrogen-bond acceptors (Lipinski definition) is 3. The number of nitrogens with zero attached hydrogens (tertiary/aromatic N) is 1. The molecule has 0 aliphatic heterocycles. The van der Waals surface area contributed by atoms with Gasteiger partial charge in [0.1, 0.15) is 5.37 Å². The Morgan fingerprint density at radius 3 is 2.00 bits per heavy atom. The third kappa shape index (κ3) is 2.64. The standard InChI is InChI=1S/C5H12NO3S/c1-4-5(6(2)3)10(7,8)9/h5H,1,4H2,2-3H3,(H,7,8,9). The first-order chi connectivity index (χ1) is 4.39. The van der Waals surface area contributed by atoms with Crippen LogP contribution in [-0.2, 0) is 10.1 Å². The van der Waals surface area contributed by atoms with Crippen molar-refractivity contribution >= 4 is 10.1 Å². The van der Waals surface area contributed by atoms with Crippen LogP contribution in [0.1, 0.15) is 6.42 Å². The van der Waals surface area contributed by atoms with E-state index >= 15 is 0 Å². The molecule has 0 fully saturated rings. The van der Waals surface area contributed by atoms with E-state index in [1.54, 1.807) is 14.1 Å². The average Bonchev–Trinajstić information content (AvgIpc) is 1.60. The highest BCUT2D eigenvalue weighted by Crippen LogP contribution is 2.04. The van der Waals surface area contributed by atoms with Crippen LogP contribution in [0.4, 0.5) is 0 Å². The van der Waals surface area contributed by atoms with Crippen LogP contribution in [0.3, 0.4) is 0 Å². The van der Waals surface area contributed by atoms with Crippen molar-refractivity contribution in [3.05, 3.63) is 6.92 Å². The van der Waals surface area contributed by atoms with Gasteiger partial charge in [0.25, 0.3) is 10.1 Å². The second kappa shape index (κ2) is 3.32. The van der Waals surface area contributed by atoms with Crippen molar-refractivity contribution < 1.29 is 13.0 Å². The molecule has 0 aromatic heterocycles. The van der Waals surface area contributed by atoms with E-state index in [0.29, 0.717) is 0 Å². The van der Waals surface area contributed by atoms with Crippen molar-refractivity contribution in [2.24, 2.45) is 0 Å². The molecule has 0 aromatic rings. The average molecular weight is 166 g/mol. The second-order valence-electron chi connectivity index (χ2n) is 2.22. The normalized spacial score (nSPS) is 15.7. The Balaban J connectivity index is 4.38. The van der Waals surface area contributed by atoms with E-state index in [-0.39, 0.29) is 6.42 Å². The van der Waals surface area contributed by atoms with Crippen molar-refractivity contribution in [1.29, 1.82) is 0 Å². The van der Waals surface area contributed by atoms with Gasteiger partial charge in [-0.05, 0) is 20.5 Å². The molecule has 4 nitrogen and oxygen atoms in total. The fourth-order valence-corrected chi connectivity index (χ4v) is 1.50. The van der Waals surface area contributed by atoms with Crippen LogP contribution >= 0.6 is 0 Å². The summed E-state index contributed by atoms with van der Waals surface area (Å²) in [6, 6.07) is 0. The van der Waals surface area contributed by atoms with Gasteiger partial charge in [0, 0.05) is 0 Å². The molecule has 0 spiro atoms. The maximum absolute atomic E-state index is 10.5. The van der Waals surface area contributed by atoms with E-state index in [1.165, 1.54) is 4.90 Å². The summed E-state index contributed by atoms with van der Waals surface area (Å²) in [7, 11) is -0.805. The Morgan fingerprint density at radius 2 is 2.00 bits per heavy atom. The molecule has 61 valence electrons. The third-order valence-electron chi connectivity index (χ3n) is 1.17. The lowest BCUT2D eigenvalue weighted by atomic mass is 10.4. The van der Waals surface area contributed by atoms with E-state index in [9.17, 15) is 8.42 Å². The minimum absolute atomic E-state index is 0.145. The van der Waals surface area contributed by atoms with Gasteiger partial charge in [-0.3, -0.25) is 9.45 Å². The summed E-state index contributed by atoms with van der Waals surface area (Å²) in [5.41, 5.74) is 0. The van der Waals surface area contributed by atoms with E-state index in [4.69, 9.17) is 4.55 Å². The quantitative estimate of drug-likeness (QED) is 0.599. The SMILES string of the molecule is [CH2]CC(N(C)C)S(=O)(=O)O. The van der Waals surface area contributed by atoms with Crippen LogP contribution < -0.4 is 0 Å². The summed E-state index contributed by atoms with van der Waals surface area (Å²) < 4.78 is 29.5. The summed E-state index contributed by atoms with van der Waals surface area (Å²) in [5.74, 6) is 0. The van der Waals surface area contributed by atoms with E-state index < -0.39 is 15.5 Å². The molecule has 0 rings (SSSR count). The lowest BCUT2D eigenvalue weighted by Crippen LogP contribution is -2.34. The minimum Gasteiger partial charge on any atom is -0.291 e. The van der Waals surface area contributed by atoms with Crippen molar-refractivity contribution in [3.63, 3.8) is 0 Å². The predicted molar refractivity (Wildman–Crippen MR) is 39.0 cm³/mol. The van der Waals surface area contributed by atoms with Gasteiger partial charge in [-0.15, -0.1) is 0 Å². The molecule has 1 radical (unpaired) electrons. The molecule has 0 aromatic carbocycles. The van der Waals surface area contributed by atoms with Gasteiger partial charge in [-0.25, -0.2) is 0 Å². The van der Waals surface area contributed by atoms with Crippen LogP contribution in [-0.4, -0.2) is 37.3 Å². The minimum atomic E-state index is -3.95. The zero-order valence-electron chi connectivity index (χ0n) is 6.11. The number of hydrogen-bond donors (Lipinski definition) is 1. The van der Waals surface area contributed by atoms with E-state index in [1.807, 2.05) is 0 Å². The molecule has 0 aliphatic carbocycles. The van der Waals surface area contributed by atoms with Crippen molar-refractivity contribution in [2.75, 3.05) is 14.1 Å². The fraction of sp³-hybridized carbons (Fsp3) is 0.800. The lowest BCUT2D eigenvalue weighted by Gasteiger charge is -2.18. The molecule has 1 unspecified atom stereocenters. The van der Waals surface area contributed by atoms with Gasteiger partial charge in [0.05, 0.1) is 0 Å². The van der Waals surface area contributed by atoms with Crippen molar-refractivity contribution in [1.82, 2.24) is 4.90 Å². The van der Waals surface area contributed by atoms with Crippen LogP contribution in [0.2, 0.25) is 0 Å². The van der Waals surface area contributed by atoms with Gasteiger partial charge >= 0.3 is 0 Å². The van der Waals surface area contributed by atoms with Gasteiger partial charge in [-0.2, -0.15) is 8.42 Å². The Bertz CT molecular complexity index is 185. The van der Waals surface area contributed by atoms with Crippen molar-refractivity contribution in [2.45, 2.75) is 11.8 Å². The zero-order valence-corrected chi connectivity index (χ0v) is 6.93. The predicted octanol–water partition coefficient (Wildman–Crippen LogP) is -0.0139. The van der Waals surface area contributed by atoms with Gasteiger partial charge < -0.3 is 0 Å². The molecule has 0 bridgehead atoms. The molecular formula is C5H12NO3S. The van der Waals surface area contributed by atoms with Crippen LogP contribution in [0.5, 0.6) is 0 Å².